The average Bonchev–Trinajstić information content (AvgIpc) is 2.11. The Morgan fingerprint density at radius 3 is 2.58 bits per heavy atom. The van der Waals surface area contributed by atoms with Crippen molar-refractivity contribution in [1.29, 1.82) is 0 Å². The molecule has 6 nitrogen and oxygen atoms in total. The highest BCUT2D eigenvalue weighted by Crippen LogP contribution is 2.22. The Labute approximate surface area is 71.5 Å². The number of aliphatic hydroxyl groups excluding tert-OH is 4. The molecule has 0 aromatic carbocycles. The zero-order valence-electron chi connectivity index (χ0n) is 8.08. The summed E-state index contributed by atoms with van der Waals surface area (Å²) in [5.74, 6) is -2.61. The van der Waals surface area contributed by atoms with Gasteiger partial charge in [-0.05, 0) is 0 Å². The van der Waals surface area contributed by atoms with Crippen LogP contribution in [0.1, 0.15) is 2.74 Å². The molecule has 1 saturated heterocycles. The van der Waals surface area contributed by atoms with Gasteiger partial charge in [0.25, 0.3) is 0 Å². The van der Waals surface area contributed by atoms with Crippen LogP contribution >= 0.6 is 0 Å². The average molecular weight is 182 g/mol. The van der Waals surface area contributed by atoms with Crippen LogP contribution in [0.25, 0.3) is 0 Å². The molecule has 0 spiro atoms. The van der Waals surface area contributed by atoms with E-state index in [1.165, 1.54) is 0 Å². The fourth-order valence-corrected chi connectivity index (χ4v) is 0.858. The number of aliphatic hydroxyl groups is 5. The summed E-state index contributed by atoms with van der Waals surface area (Å²) in [4.78, 5) is 0. The number of hydrogen-bond acceptors (Lipinski definition) is 6. The van der Waals surface area contributed by atoms with Crippen molar-refractivity contribution < 1.29 is 33.0 Å². The zero-order valence-corrected chi connectivity index (χ0v) is 6.08. The van der Waals surface area contributed by atoms with E-state index < -0.39 is 37.3 Å². The molecule has 1 fully saturated rings. The van der Waals surface area contributed by atoms with Crippen molar-refractivity contribution in [1.82, 2.24) is 0 Å². The van der Waals surface area contributed by atoms with E-state index in [1.807, 2.05) is 0 Å². The van der Waals surface area contributed by atoms with E-state index in [0.29, 0.717) is 0 Å². The Morgan fingerprint density at radius 2 is 2.08 bits per heavy atom. The van der Waals surface area contributed by atoms with Gasteiger partial charge in [-0.2, -0.15) is 0 Å². The molecule has 1 aliphatic rings. The van der Waals surface area contributed by atoms with Crippen molar-refractivity contribution in [2.24, 2.45) is 0 Å². The predicted molar refractivity (Wildman–Crippen MR) is 36.0 cm³/mol. The fraction of sp³-hybridized carbons (Fsp3) is 1.00. The number of rotatable bonds is 1. The molecule has 0 aliphatic carbocycles. The van der Waals surface area contributed by atoms with Crippen LogP contribution in [0, 0.1) is 0 Å². The Morgan fingerprint density at radius 1 is 1.50 bits per heavy atom. The molecule has 0 aromatic rings. The van der Waals surface area contributed by atoms with E-state index in [2.05, 4.69) is 4.74 Å². The maximum Gasteiger partial charge on any atom is 0.218 e. The maximum absolute atomic E-state index is 9.34. The summed E-state index contributed by atoms with van der Waals surface area (Å²) < 4.78 is 18.4. The highest BCUT2D eigenvalue weighted by Gasteiger charge is 2.47. The molecule has 0 amide bonds. The van der Waals surface area contributed by atoms with Gasteiger partial charge in [-0.25, -0.2) is 0 Å². The molecule has 1 unspecified atom stereocenters. The van der Waals surface area contributed by atoms with Gasteiger partial charge < -0.3 is 30.3 Å². The van der Waals surface area contributed by atoms with Crippen LogP contribution in [0.15, 0.2) is 0 Å². The minimum Gasteiger partial charge on any atom is -0.391 e. The van der Waals surface area contributed by atoms with E-state index in [-0.39, 0.29) is 0 Å². The Bertz CT molecular complexity index is 224. The van der Waals surface area contributed by atoms with E-state index in [1.54, 1.807) is 0 Å². The summed E-state index contributed by atoms with van der Waals surface area (Å²) >= 11 is 0. The lowest BCUT2D eigenvalue weighted by atomic mass is 9.98. The maximum atomic E-state index is 9.34. The molecule has 1 rings (SSSR count). The molecule has 1 heterocycles. The van der Waals surface area contributed by atoms with Crippen LogP contribution in [-0.4, -0.2) is 62.8 Å². The molecule has 0 aromatic heterocycles. The van der Waals surface area contributed by atoms with Crippen LogP contribution in [0.4, 0.5) is 0 Å². The lowest BCUT2D eigenvalue weighted by molar-refractivity contribution is -0.331. The molecule has 0 bridgehead atoms. The van der Waals surface area contributed by atoms with Crippen LogP contribution < -0.4 is 0 Å². The molecule has 0 saturated carbocycles. The normalized spacial score (nSPS) is 55.9. The molecular formula is C6H12O6. The van der Waals surface area contributed by atoms with E-state index in [0.717, 1.165) is 0 Å². The Hall–Kier alpha value is -0.240. The molecular weight excluding hydrogens is 168 g/mol. The summed E-state index contributed by atoms with van der Waals surface area (Å²) in [6.07, 6.45) is -5.91. The van der Waals surface area contributed by atoms with Crippen molar-refractivity contribution >= 4 is 0 Å². The van der Waals surface area contributed by atoms with E-state index >= 15 is 0 Å². The first kappa shape index (κ1) is 7.19. The Kier molecular flexibility index (Phi) is 1.95. The third-order valence-electron chi connectivity index (χ3n) is 1.69. The van der Waals surface area contributed by atoms with Gasteiger partial charge in [0.05, 0.1) is 15.9 Å². The quantitative estimate of drug-likeness (QED) is 0.292. The van der Waals surface area contributed by atoms with Crippen molar-refractivity contribution in [2.45, 2.75) is 24.1 Å². The van der Waals surface area contributed by atoms with Gasteiger partial charge in [-0.3, -0.25) is 0 Å². The van der Waals surface area contributed by atoms with Gasteiger partial charge in [0, 0.05) is 0 Å². The minimum atomic E-state index is -2.74. The molecule has 0 radical (unpaired) electrons. The van der Waals surface area contributed by atoms with Gasteiger partial charge in [-0.15, -0.1) is 0 Å². The van der Waals surface area contributed by atoms with E-state index in [9.17, 15) is 10.2 Å². The van der Waals surface area contributed by atoms with Crippen LogP contribution in [0.3, 0.4) is 0 Å². The van der Waals surface area contributed by atoms with Crippen molar-refractivity contribution in [3.63, 3.8) is 0 Å². The van der Waals surface area contributed by atoms with Crippen LogP contribution in [0.2, 0.25) is 0 Å². The molecule has 12 heavy (non-hydrogen) atoms. The SMILES string of the molecule is [2H]C1([2H])OC(O)(CO)[C@@H](O)[C@H](O)[C@@H]1O. The number of ether oxygens (including phenoxy) is 1. The zero-order chi connectivity index (χ0) is 11.1. The topological polar surface area (TPSA) is 110 Å². The monoisotopic (exact) mass is 182 g/mol. The number of hydrogen-bond donors (Lipinski definition) is 5. The van der Waals surface area contributed by atoms with E-state index in [4.69, 9.17) is 18.1 Å². The second-order valence-electron chi connectivity index (χ2n) is 2.60. The summed E-state index contributed by atoms with van der Waals surface area (Å²) in [6, 6.07) is 0. The van der Waals surface area contributed by atoms with Crippen molar-refractivity contribution in [2.75, 3.05) is 13.2 Å². The van der Waals surface area contributed by atoms with Crippen molar-refractivity contribution in [3.8, 4) is 0 Å². The summed E-state index contributed by atoms with van der Waals surface area (Å²) in [7, 11) is 0. The highest BCUT2D eigenvalue weighted by atomic mass is 16.7. The molecule has 6 heteroatoms. The second kappa shape index (κ2) is 3.25. The van der Waals surface area contributed by atoms with Gasteiger partial charge in [0.15, 0.2) is 0 Å². The molecule has 5 N–H and O–H groups in total. The van der Waals surface area contributed by atoms with Crippen LogP contribution in [-0.2, 0) is 4.74 Å². The molecule has 4 atom stereocenters. The van der Waals surface area contributed by atoms with Gasteiger partial charge in [0.2, 0.25) is 5.79 Å². The smallest absolute Gasteiger partial charge is 0.218 e. The first-order valence-electron chi connectivity index (χ1n) is 4.32. The van der Waals surface area contributed by atoms with Crippen LogP contribution in [0.5, 0.6) is 0 Å². The molecule has 1 aliphatic heterocycles. The standard InChI is InChI=1S/C6H12O6/c7-2-6(11)5(10)4(9)3(8)1-12-6/h3-5,7-11H,1-2H2/t3-,4-,5+,6?/m1/s1/i1D2. The summed E-state index contributed by atoms with van der Waals surface area (Å²) in [6.45, 7) is -3.84. The Balaban J connectivity index is 2.96. The third kappa shape index (κ3) is 1.45. The summed E-state index contributed by atoms with van der Waals surface area (Å²) in [5, 5.41) is 45.4. The van der Waals surface area contributed by atoms with Crippen molar-refractivity contribution in [3.05, 3.63) is 0 Å². The largest absolute Gasteiger partial charge is 0.391 e. The third-order valence-corrected chi connectivity index (χ3v) is 1.69. The first-order valence-corrected chi connectivity index (χ1v) is 3.32. The molecule has 72 valence electrons. The fourth-order valence-electron chi connectivity index (χ4n) is 0.858. The second-order valence-corrected chi connectivity index (χ2v) is 2.60. The first-order chi connectivity index (χ1) is 6.24. The van der Waals surface area contributed by atoms with Gasteiger partial charge in [-0.1, -0.05) is 0 Å². The minimum absolute atomic E-state index is 1.10. The lowest BCUT2D eigenvalue weighted by Crippen LogP contribution is -2.62. The lowest BCUT2D eigenvalue weighted by Gasteiger charge is -2.40. The highest BCUT2D eigenvalue weighted by molar-refractivity contribution is 4.90. The van der Waals surface area contributed by atoms with Gasteiger partial charge >= 0.3 is 0 Å². The van der Waals surface area contributed by atoms with Gasteiger partial charge in [0.1, 0.15) is 18.3 Å². The predicted octanol–water partition coefficient (Wildman–Crippen LogP) is -3.22. The summed E-state index contributed by atoms with van der Waals surface area (Å²) in [5.41, 5.74) is 0.